The summed E-state index contributed by atoms with van der Waals surface area (Å²) in [6.07, 6.45) is 1.07. The highest BCUT2D eigenvalue weighted by Gasteiger charge is 2.23. The molecule has 0 atom stereocenters. The van der Waals surface area contributed by atoms with Crippen LogP contribution >= 0.6 is 11.3 Å². The number of thiazole rings is 1. The smallest absolute Gasteiger partial charge is 0.270 e. The Morgan fingerprint density at radius 2 is 2.17 bits per heavy atom. The minimum atomic E-state index is -3.33. The molecule has 0 aliphatic heterocycles. The van der Waals surface area contributed by atoms with Crippen molar-refractivity contribution in [2.24, 2.45) is 0 Å². The Kier molecular flexibility index (Phi) is 4.30. The summed E-state index contributed by atoms with van der Waals surface area (Å²) in [5.41, 5.74) is 4.87. The molecule has 1 rings (SSSR count). The van der Waals surface area contributed by atoms with E-state index in [1.165, 1.54) is 11.3 Å². The average Bonchev–Trinajstić information content (AvgIpc) is 2.57. The van der Waals surface area contributed by atoms with Gasteiger partial charge in [0.15, 0.2) is 5.13 Å². The van der Waals surface area contributed by atoms with E-state index in [0.29, 0.717) is 5.13 Å². The molecule has 0 bridgehead atoms. The number of nitrogens with one attached hydrogen (secondary N) is 2. The molecule has 0 unspecified atom stereocenters. The highest BCUT2D eigenvalue weighted by atomic mass is 32.2. The van der Waals surface area contributed by atoms with Gasteiger partial charge in [-0.1, -0.05) is 0 Å². The van der Waals surface area contributed by atoms with Crippen molar-refractivity contribution in [2.45, 2.75) is 19.4 Å². The monoisotopic (exact) mass is 292 g/mol. The van der Waals surface area contributed by atoms with E-state index in [-0.39, 0.29) is 18.1 Å². The van der Waals surface area contributed by atoms with Gasteiger partial charge in [0, 0.05) is 17.5 Å². The predicted octanol–water partition coefficient (Wildman–Crippen LogP) is -0.217. The lowest BCUT2D eigenvalue weighted by Gasteiger charge is -2.25. The number of nitrogens with zero attached hydrogens (tertiary/aromatic N) is 1. The van der Waals surface area contributed by atoms with Gasteiger partial charge in [-0.2, -0.15) is 0 Å². The highest BCUT2D eigenvalue weighted by Crippen LogP contribution is 2.11. The van der Waals surface area contributed by atoms with E-state index < -0.39 is 15.6 Å². The fourth-order valence-corrected chi connectivity index (χ4v) is 2.94. The second-order valence-corrected chi connectivity index (χ2v) is 7.15. The molecule has 1 aromatic rings. The third kappa shape index (κ3) is 4.98. The van der Waals surface area contributed by atoms with Crippen molar-refractivity contribution in [3.8, 4) is 0 Å². The first-order valence-electron chi connectivity index (χ1n) is 5.07. The summed E-state index contributed by atoms with van der Waals surface area (Å²) < 4.78 is 24.7. The van der Waals surface area contributed by atoms with Crippen molar-refractivity contribution in [1.29, 1.82) is 0 Å². The van der Waals surface area contributed by atoms with Crippen LogP contribution in [-0.2, 0) is 10.0 Å². The lowest BCUT2D eigenvalue weighted by atomic mass is 10.1. The molecule has 4 N–H and O–H groups in total. The van der Waals surface area contributed by atoms with Gasteiger partial charge in [0.2, 0.25) is 10.0 Å². The number of rotatable bonds is 5. The van der Waals surface area contributed by atoms with Gasteiger partial charge in [-0.25, -0.2) is 18.1 Å². The van der Waals surface area contributed by atoms with Gasteiger partial charge < -0.3 is 11.1 Å². The number of amides is 1. The Labute approximate surface area is 110 Å². The van der Waals surface area contributed by atoms with E-state index in [1.807, 2.05) is 0 Å². The molecule has 0 aromatic carbocycles. The van der Waals surface area contributed by atoms with Crippen molar-refractivity contribution in [3.63, 3.8) is 0 Å². The molecule has 1 heterocycles. The molecule has 1 amide bonds. The molecule has 0 aliphatic carbocycles. The summed E-state index contributed by atoms with van der Waals surface area (Å²) in [5.74, 6) is -0.383. The third-order valence-electron chi connectivity index (χ3n) is 1.91. The van der Waals surface area contributed by atoms with E-state index in [4.69, 9.17) is 5.73 Å². The number of hydrogen-bond donors (Lipinski definition) is 3. The summed E-state index contributed by atoms with van der Waals surface area (Å²) in [5, 5.41) is 4.45. The van der Waals surface area contributed by atoms with Crippen LogP contribution in [0.5, 0.6) is 0 Å². The molecule has 0 spiro atoms. The van der Waals surface area contributed by atoms with Gasteiger partial charge in [0.05, 0.1) is 6.26 Å². The van der Waals surface area contributed by atoms with Gasteiger partial charge in [0.1, 0.15) is 5.69 Å². The van der Waals surface area contributed by atoms with Gasteiger partial charge in [-0.15, -0.1) is 11.3 Å². The maximum absolute atomic E-state index is 11.7. The molecule has 0 saturated carbocycles. The predicted molar refractivity (Wildman–Crippen MR) is 70.9 cm³/mol. The van der Waals surface area contributed by atoms with Gasteiger partial charge in [-0.05, 0) is 13.8 Å². The molecule has 1 aromatic heterocycles. The number of anilines is 1. The van der Waals surface area contributed by atoms with Gasteiger partial charge in [-0.3, -0.25) is 4.79 Å². The van der Waals surface area contributed by atoms with Crippen LogP contribution in [-0.4, -0.2) is 37.6 Å². The molecule has 9 heteroatoms. The zero-order valence-electron chi connectivity index (χ0n) is 10.4. The van der Waals surface area contributed by atoms with Crippen molar-refractivity contribution in [1.82, 2.24) is 15.0 Å². The van der Waals surface area contributed by atoms with Crippen LogP contribution < -0.4 is 15.8 Å². The molecule has 0 aliphatic rings. The van der Waals surface area contributed by atoms with Crippen LogP contribution in [0.1, 0.15) is 24.3 Å². The Morgan fingerprint density at radius 1 is 1.56 bits per heavy atom. The first-order valence-corrected chi connectivity index (χ1v) is 7.84. The first kappa shape index (κ1) is 14.9. The lowest BCUT2D eigenvalue weighted by Crippen LogP contribution is -2.51. The number of nitrogens with two attached hydrogens (primary N) is 1. The minimum absolute atomic E-state index is 0.149. The SMILES string of the molecule is CC(C)(CNC(=O)c1csc(N)n1)NS(C)(=O)=O. The standard InChI is InChI=1S/C9H16N4O3S2/c1-9(2,13-18(3,15)16)5-11-7(14)6-4-17-8(10)12-6/h4,13H,5H2,1-3H3,(H2,10,12)(H,11,14). The van der Waals surface area contributed by atoms with Crippen molar-refractivity contribution in [2.75, 3.05) is 18.5 Å². The van der Waals surface area contributed by atoms with E-state index in [9.17, 15) is 13.2 Å². The highest BCUT2D eigenvalue weighted by molar-refractivity contribution is 7.88. The normalized spacial score (nSPS) is 12.4. The maximum atomic E-state index is 11.7. The molecule has 7 nitrogen and oxygen atoms in total. The summed E-state index contributed by atoms with van der Waals surface area (Å²) in [7, 11) is -3.33. The molecule has 0 fully saturated rings. The van der Waals surface area contributed by atoms with Crippen molar-refractivity contribution >= 4 is 32.4 Å². The van der Waals surface area contributed by atoms with Gasteiger partial charge in [0.25, 0.3) is 5.91 Å². The number of carbonyl (C=O) groups is 1. The molecule has 0 saturated heterocycles. The summed E-state index contributed by atoms with van der Waals surface area (Å²) in [6, 6.07) is 0. The zero-order valence-corrected chi connectivity index (χ0v) is 12.0. The lowest BCUT2D eigenvalue weighted by molar-refractivity contribution is 0.0940. The fourth-order valence-electron chi connectivity index (χ4n) is 1.32. The summed E-state index contributed by atoms with van der Waals surface area (Å²) >= 11 is 1.17. The molecule has 0 radical (unpaired) electrons. The minimum Gasteiger partial charge on any atom is -0.375 e. The second kappa shape index (κ2) is 5.21. The van der Waals surface area contributed by atoms with E-state index in [0.717, 1.165) is 6.26 Å². The van der Waals surface area contributed by atoms with E-state index in [1.54, 1.807) is 19.2 Å². The first-order chi connectivity index (χ1) is 8.09. The van der Waals surface area contributed by atoms with Crippen molar-refractivity contribution in [3.05, 3.63) is 11.1 Å². The van der Waals surface area contributed by atoms with Crippen molar-refractivity contribution < 1.29 is 13.2 Å². The largest absolute Gasteiger partial charge is 0.375 e. The van der Waals surface area contributed by atoms with Crippen LogP contribution in [0.15, 0.2) is 5.38 Å². The Hall–Kier alpha value is -1.19. The summed E-state index contributed by atoms with van der Waals surface area (Å²) in [4.78, 5) is 15.5. The van der Waals surface area contributed by atoms with Crippen LogP contribution in [0, 0.1) is 0 Å². The quantitative estimate of drug-likeness (QED) is 0.694. The Bertz CT molecular complexity index is 536. The van der Waals surface area contributed by atoms with Crippen LogP contribution in [0.4, 0.5) is 5.13 Å². The Morgan fingerprint density at radius 3 is 2.61 bits per heavy atom. The number of hydrogen-bond acceptors (Lipinski definition) is 6. The molecular formula is C9H16N4O3S2. The summed E-state index contributed by atoms with van der Waals surface area (Å²) in [6.45, 7) is 3.49. The topological polar surface area (TPSA) is 114 Å². The number of sulfonamides is 1. The van der Waals surface area contributed by atoms with Crippen LogP contribution in [0.2, 0.25) is 0 Å². The maximum Gasteiger partial charge on any atom is 0.270 e. The fraction of sp³-hybridized carbons (Fsp3) is 0.556. The van der Waals surface area contributed by atoms with Crippen LogP contribution in [0.25, 0.3) is 0 Å². The Balaban J connectivity index is 2.57. The number of aromatic nitrogens is 1. The number of carbonyl (C=O) groups excluding carboxylic acids is 1. The third-order valence-corrected chi connectivity index (χ3v) is 3.50. The molecule has 102 valence electrons. The molecular weight excluding hydrogens is 276 g/mol. The second-order valence-electron chi connectivity index (χ2n) is 4.51. The zero-order chi connectivity index (χ0) is 14.0. The molecule has 18 heavy (non-hydrogen) atoms. The average molecular weight is 292 g/mol. The van der Waals surface area contributed by atoms with E-state index in [2.05, 4.69) is 15.0 Å². The number of nitrogen functional groups attached to an aromatic ring is 1. The van der Waals surface area contributed by atoms with Crippen LogP contribution in [0.3, 0.4) is 0 Å². The van der Waals surface area contributed by atoms with E-state index >= 15 is 0 Å². The van der Waals surface area contributed by atoms with Gasteiger partial charge >= 0.3 is 0 Å².